The number of hydrogen-bond acceptors (Lipinski definition) is 3. The second-order valence-corrected chi connectivity index (χ2v) is 4.44. The van der Waals surface area contributed by atoms with E-state index in [9.17, 15) is 0 Å². The van der Waals surface area contributed by atoms with Crippen LogP contribution in [0.25, 0.3) is 0 Å². The first-order valence-corrected chi connectivity index (χ1v) is 5.73. The van der Waals surface area contributed by atoms with Crippen LogP contribution in [0.2, 0.25) is 0 Å². The normalized spacial score (nSPS) is 17.4. The lowest BCUT2D eigenvalue weighted by atomic mass is 10.5. The van der Waals surface area contributed by atoms with E-state index in [0.29, 0.717) is 0 Å². The Kier molecular flexibility index (Phi) is 4.95. The van der Waals surface area contributed by atoms with Crippen LogP contribution < -0.4 is 0 Å². The predicted molar refractivity (Wildman–Crippen MR) is 57.7 cm³/mol. The van der Waals surface area contributed by atoms with E-state index in [2.05, 4.69) is 11.8 Å². The highest BCUT2D eigenvalue weighted by molar-refractivity contribution is 8.23. The van der Waals surface area contributed by atoms with Crippen molar-refractivity contribution >= 4 is 28.3 Å². The van der Waals surface area contributed by atoms with E-state index < -0.39 is 0 Å². The van der Waals surface area contributed by atoms with Crippen LogP contribution in [0.1, 0.15) is 13.3 Å². The maximum Gasteiger partial charge on any atom is 0.136 e. The van der Waals surface area contributed by atoms with Gasteiger partial charge in [-0.25, -0.2) is 0 Å². The minimum Gasteiger partial charge on any atom is -0.380 e. The Morgan fingerprint density at radius 3 is 3.00 bits per heavy atom. The molecule has 0 N–H and O–H groups in total. The van der Waals surface area contributed by atoms with E-state index in [1.165, 1.54) is 0 Å². The molecule has 0 radical (unpaired) electrons. The average molecular weight is 205 g/mol. The van der Waals surface area contributed by atoms with Gasteiger partial charge in [-0.3, -0.25) is 0 Å². The van der Waals surface area contributed by atoms with Crippen molar-refractivity contribution in [1.82, 2.24) is 4.90 Å². The van der Waals surface area contributed by atoms with E-state index in [-0.39, 0.29) is 0 Å². The molecule has 0 spiro atoms. The molecular weight excluding hydrogens is 190 g/mol. The molecule has 1 fully saturated rings. The van der Waals surface area contributed by atoms with Crippen LogP contribution in [-0.2, 0) is 4.74 Å². The van der Waals surface area contributed by atoms with Crippen molar-refractivity contribution in [3.63, 3.8) is 0 Å². The minimum absolute atomic E-state index is 0.814. The molecule has 1 rings (SSSR count). The van der Waals surface area contributed by atoms with Gasteiger partial charge in [-0.05, 0) is 6.42 Å². The first-order valence-electron chi connectivity index (χ1n) is 4.34. The zero-order valence-corrected chi connectivity index (χ0v) is 9.05. The van der Waals surface area contributed by atoms with Crippen LogP contribution in [-0.4, -0.2) is 41.3 Å². The van der Waals surface area contributed by atoms with E-state index in [0.717, 1.165) is 42.8 Å². The quantitative estimate of drug-likeness (QED) is 0.500. The van der Waals surface area contributed by atoms with Crippen molar-refractivity contribution in [2.45, 2.75) is 13.3 Å². The molecule has 70 valence electrons. The number of thiocarbonyl (C=S) groups is 1. The molecule has 12 heavy (non-hydrogen) atoms. The Labute approximate surface area is 83.6 Å². The van der Waals surface area contributed by atoms with Gasteiger partial charge in [-0.1, -0.05) is 30.9 Å². The molecule has 1 saturated heterocycles. The summed E-state index contributed by atoms with van der Waals surface area (Å²) in [4.78, 5) is 2.22. The first kappa shape index (κ1) is 10.3. The van der Waals surface area contributed by atoms with Gasteiger partial charge in [0.1, 0.15) is 4.32 Å². The summed E-state index contributed by atoms with van der Waals surface area (Å²) in [5.74, 6) is 1.15. The Hall–Kier alpha value is 0.200. The Bertz CT molecular complexity index is 152. The lowest BCUT2D eigenvalue weighted by Gasteiger charge is -2.15. The predicted octanol–water partition coefficient (Wildman–Crippen LogP) is 1.75. The fourth-order valence-electron chi connectivity index (χ4n) is 1.05. The zero-order valence-electron chi connectivity index (χ0n) is 7.41. The lowest BCUT2D eigenvalue weighted by molar-refractivity contribution is 0.123. The largest absolute Gasteiger partial charge is 0.380 e. The molecule has 1 aliphatic rings. The van der Waals surface area contributed by atoms with E-state index in [1.807, 2.05) is 0 Å². The molecule has 0 aliphatic carbocycles. The molecule has 2 nitrogen and oxygen atoms in total. The third-order valence-electron chi connectivity index (χ3n) is 1.70. The smallest absolute Gasteiger partial charge is 0.136 e. The summed E-state index contributed by atoms with van der Waals surface area (Å²) in [6.07, 6.45) is 1.10. The van der Waals surface area contributed by atoms with Gasteiger partial charge in [0.2, 0.25) is 0 Å². The molecule has 0 bridgehead atoms. The highest BCUT2D eigenvalue weighted by atomic mass is 32.2. The van der Waals surface area contributed by atoms with Gasteiger partial charge >= 0.3 is 0 Å². The van der Waals surface area contributed by atoms with Crippen LogP contribution in [0, 0.1) is 0 Å². The molecule has 0 amide bonds. The fraction of sp³-hybridized carbons (Fsp3) is 0.875. The molecule has 4 heteroatoms. The lowest BCUT2D eigenvalue weighted by Crippen LogP contribution is -2.27. The summed E-state index contributed by atoms with van der Waals surface area (Å²) < 4.78 is 6.42. The van der Waals surface area contributed by atoms with Crippen LogP contribution in [0.3, 0.4) is 0 Å². The standard InChI is InChI=1S/C8H15NOS2/c1-2-5-10-6-3-9-4-7-12-8(9)11/h2-7H2,1H3. The topological polar surface area (TPSA) is 12.5 Å². The van der Waals surface area contributed by atoms with Gasteiger partial charge in [0.05, 0.1) is 6.61 Å². The van der Waals surface area contributed by atoms with Gasteiger partial charge in [0, 0.05) is 25.4 Å². The van der Waals surface area contributed by atoms with Gasteiger partial charge in [0.25, 0.3) is 0 Å². The van der Waals surface area contributed by atoms with E-state index >= 15 is 0 Å². The van der Waals surface area contributed by atoms with Crippen molar-refractivity contribution in [1.29, 1.82) is 0 Å². The second-order valence-electron chi connectivity index (χ2n) is 2.71. The number of ether oxygens (including phenoxy) is 1. The average Bonchev–Trinajstić information content (AvgIpc) is 2.46. The maximum absolute atomic E-state index is 5.38. The number of nitrogens with zero attached hydrogens (tertiary/aromatic N) is 1. The number of thioether (sulfide) groups is 1. The zero-order chi connectivity index (χ0) is 8.81. The highest BCUT2D eigenvalue weighted by Gasteiger charge is 2.16. The summed E-state index contributed by atoms with van der Waals surface area (Å²) in [5, 5.41) is 0. The maximum atomic E-state index is 5.38. The van der Waals surface area contributed by atoms with Gasteiger partial charge in [-0.15, -0.1) is 0 Å². The summed E-state index contributed by atoms with van der Waals surface area (Å²) in [6, 6.07) is 0. The Morgan fingerprint density at radius 1 is 1.58 bits per heavy atom. The monoisotopic (exact) mass is 205 g/mol. The molecular formula is C8H15NOS2. The first-order chi connectivity index (χ1) is 5.84. The third-order valence-corrected chi connectivity index (χ3v) is 3.20. The minimum atomic E-state index is 0.814. The second kappa shape index (κ2) is 5.78. The van der Waals surface area contributed by atoms with Crippen molar-refractivity contribution in [2.24, 2.45) is 0 Å². The van der Waals surface area contributed by atoms with E-state index in [1.54, 1.807) is 11.8 Å². The van der Waals surface area contributed by atoms with Gasteiger partial charge in [0.15, 0.2) is 0 Å². The molecule has 0 atom stereocenters. The van der Waals surface area contributed by atoms with Crippen LogP contribution >= 0.6 is 24.0 Å². The highest BCUT2D eigenvalue weighted by Crippen LogP contribution is 2.16. The summed E-state index contributed by atoms with van der Waals surface area (Å²) in [5.41, 5.74) is 0. The third kappa shape index (κ3) is 3.29. The van der Waals surface area contributed by atoms with Crippen molar-refractivity contribution < 1.29 is 4.74 Å². The molecule has 0 saturated carbocycles. The van der Waals surface area contributed by atoms with Crippen LogP contribution in [0.4, 0.5) is 0 Å². The fourth-order valence-corrected chi connectivity index (χ4v) is 2.33. The molecule has 1 heterocycles. The summed E-state index contributed by atoms with van der Waals surface area (Å²) in [6.45, 7) is 5.86. The number of hydrogen-bond donors (Lipinski definition) is 0. The van der Waals surface area contributed by atoms with Gasteiger partial charge in [-0.2, -0.15) is 0 Å². The molecule has 0 aromatic heterocycles. The van der Waals surface area contributed by atoms with Crippen LogP contribution in [0.5, 0.6) is 0 Å². The molecule has 0 aromatic rings. The van der Waals surface area contributed by atoms with Crippen molar-refractivity contribution in [3.05, 3.63) is 0 Å². The SMILES string of the molecule is CCCOCCN1CCSC1=S. The Balaban J connectivity index is 2.02. The molecule has 0 unspecified atom stereocenters. The van der Waals surface area contributed by atoms with Crippen molar-refractivity contribution in [2.75, 3.05) is 32.1 Å². The Morgan fingerprint density at radius 2 is 2.42 bits per heavy atom. The molecule has 1 aliphatic heterocycles. The summed E-state index contributed by atoms with van der Waals surface area (Å²) >= 11 is 6.92. The molecule has 0 aromatic carbocycles. The van der Waals surface area contributed by atoms with Crippen molar-refractivity contribution in [3.8, 4) is 0 Å². The summed E-state index contributed by atoms with van der Waals surface area (Å²) in [7, 11) is 0. The van der Waals surface area contributed by atoms with Crippen LogP contribution in [0.15, 0.2) is 0 Å². The number of rotatable bonds is 5. The van der Waals surface area contributed by atoms with E-state index in [4.69, 9.17) is 17.0 Å². The van der Waals surface area contributed by atoms with Gasteiger partial charge < -0.3 is 9.64 Å².